The Kier molecular flexibility index (Phi) is 5.19. The average molecular weight is 402 g/mol. The van der Waals surface area contributed by atoms with Gasteiger partial charge in [0, 0.05) is 16.3 Å². The first-order chi connectivity index (χ1) is 14.0. The lowest BCUT2D eigenvalue weighted by Crippen LogP contribution is -2.13. The van der Waals surface area contributed by atoms with Gasteiger partial charge in [-0.3, -0.25) is 4.79 Å². The van der Waals surface area contributed by atoms with Crippen LogP contribution in [0.3, 0.4) is 0 Å². The Morgan fingerprint density at radius 1 is 0.931 bits per heavy atom. The number of carbonyl (C=O) groups excluding carboxylic acids is 1. The summed E-state index contributed by atoms with van der Waals surface area (Å²) in [5, 5.41) is 8.13. The lowest BCUT2D eigenvalue weighted by atomic mass is 10.1. The first kappa shape index (κ1) is 19.0. The van der Waals surface area contributed by atoms with Crippen molar-refractivity contribution in [3.8, 4) is 16.9 Å². The Hall–Kier alpha value is -3.37. The van der Waals surface area contributed by atoms with Crippen LogP contribution in [0, 0.1) is 13.8 Å². The van der Waals surface area contributed by atoms with Crippen LogP contribution in [0.5, 0.6) is 0 Å². The predicted octanol–water partition coefficient (Wildman–Crippen LogP) is 6.06. The number of nitrogens with zero attached hydrogens (tertiary/aromatic N) is 2. The first-order valence-corrected chi connectivity index (χ1v) is 9.69. The van der Waals surface area contributed by atoms with Crippen molar-refractivity contribution in [3.63, 3.8) is 0 Å². The van der Waals surface area contributed by atoms with Gasteiger partial charge in [0.25, 0.3) is 5.91 Å². The number of rotatable bonds is 4. The average Bonchev–Trinajstić information content (AvgIpc) is 3.16. The van der Waals surface area contributed by atoms with E-state index in [1.165, 1.54) is 5.56 Å². The van der Waals surface area contributed by atoms with Gasteiger partial charge < -0.3 is 5.32 Å². The minimum atomic E-state index is -0.270. The number of anilines is 1. The fraction of sp³-hybridized carbons (Fsp3) is 0.0833. The standard InChI is InChI=1S/C24H20ClN3O/c1-16-7-9-18(10-8-16)23-15-21(24(29)26-20-13-11-19(25)12-14-20)27-28(23)22-6-4-3-5-17(22)2/h3-15H,1-2H3,(H,26,29). The zero-order valence-electron chi connectivity index (χ0n) is 16.2. The number of para-hydroxylation sites is 1. The molecule has 3 aromatic carbocycles. The number of amides is 1. The Morgan fingerprint density at radius 3 is 2.31 bits per heavy atom. The molecule has 0 radical (unpaired) electrons. The maximum absolute atomic E-state index is 12.8. The normalized spacial score (nSPS) is 10.7. The Morgan fingerprint density at radius 2 is 1.62 bits per heavy atom. The number of nitrogens with one attached hydrogen (secondary N) is 1. The molecule has 0 bridgehead atoms. The van der Waals surface area contributed by atoms with E-state index in [1.807, 2.05) is 61.0 Å². The highest BCUT2D eigenvalue weighted by Crippen LogP contribution is 2.26. The molecule has 1 aromatic heterocycles. The summed E-state index contributed by atoms with van der Waals surface area (Å²) in [5.41, 5.74) is 6.07. The molecule has 1 amide bonds. The zero-order valence-corrected chi connectivity index (χ0v) is 16.9. The molecule has 4 rings (SSSR count). The summed E-state index contributed by atoms with van der Waals surface area (Å²) in [6.45, 7) is 4.08. The second-order valence-corrected chi connectivity index (χ2v) is 7.38. The molecule has 0 spiro atoms. The number of aryl methyl sites for hydroxylation is 2. The number of benzene rings is 3. The third-order valence-corrected chi connectivity index (χ3v) is 4.99. The zero-order chi connectivity index (χ0) is 20.4. The van der Waals surface area contributed by atoms with Gasteiger partial charge in [0.05, 0.1) is 11.4 Å². The van der Waals surface area contributed by atoms with Gasteiger partial charge in [-0.05, 0) is 55.8 Å². The van der Waals surface area contributed by atoms with Crippen LogP contribution >= 0.6 is 11.6 Å². The molecule has 0 fully saturated rings. The maximum atomic E-state index is 12.8. The fourth-order valence-electron chi connectivity index (χ4n) is 3.14. The van der Waals surface area contributed by atoms with Crippen molar-refractivity contribution in [2.45, 2.75) is 13.8 Å². The molecule has 0 atom stereocenters. The van der Waals surface area contributed by atoms with Crippen LogP contribution in [0.2, 0.25) is 5.02 Å². The van der Waals surface area contributed by atoms with Crippen LogP contribution in [-0.4, -0.2) is 15.7 Å². The van der Waals surface area contributed by atoms with Crippen LogP contribution in [0.1, 0.15) is 21.6 Å². The molecular formula is C24H20ClN3O. The van der Waals surface area contributed by atoms with E-state index < -0.39 is 0 Å². The summed E-state index contributed by atoms with van der Waals surface area (Å²) in [4.78, 5) is 12.8. The van der Waals surface area contributed by atoms with E-state index in [0.29, 0.717) is 16.4 Å². The van der Waals surface area contributed by atoms with E-state index in [0.717, 1.165) is 22.5 Å². The van der Waals surface area contributed by atoms with E-state index >= 15 is 0 Å². The molecule has 144 valence electrons. The molecule has 0 saturated heterocycles. The summed E-state index contributed by atoms with van der Waals surface area (Å²) in [5.74, 6) is -0.270. The minimum absolute atomic E-state index is 0.270. The van der Waals surface area contributed by atoms with Gasteiger partial charge in [0.2, 0.25) is 0 Å². The minimum Gasteiger partial charge on any atom is -0.321 e. The molecule has 0 aliphatic heterocycles. The van der Waals surface area contributed by atoms with E-state index in [2.05, 4.69) is 22.5 Å². The van der Waals surface area contributed by atoms with Crippen molar-refractivity contribution in [1.82, 2.24) is 9.78 Å². The molecule has 5 heteroatoms. The summed E-state index contributed by atoms with van der Waals surface area (Å²) in [6, 6.07) is 25.0. The molecule has 0 saturated carbocycles. The van der Waals surface area contributed by atoms with Crippen LogP contribution in [0.4, 0.5) is 5.69 Å². The Balaban J connectivity index is 1.76. The monoisotopic (exact) mass is 401 g/mol. The summed E-state index contributed by atoms with van der Waals surface area (Å²) < 4.78 is 1.83. The Bertz CT molecular complexity index is 1160. The largest absolute Gasteiger partial charge is 0.321 e. The topological polar surface area (TPSA) is 46.9 Å². The molecule has 0 aliphatic rings. The highest BCUT2D eigenvalue weighted by Gasteiger charge is 2.18. The van der Waals surface area contributed by atoms with Gasteiger partial charge in [-0.25, -0.2) is 4.68 Å². The van der Waals surface area contributed by atoms with Crippen molar-refractivity contribution in [1.29, 1.82) is 0 Å². The van der Waals surface area contributed by atoms with E-state index in [-0.39, 0.29) is 5.91 Å². The lowest BCUT2D eigenvalue weighted by Gasteiger charge is -2.10. The molecule has 0 aliphatic carbocycles. The van der Waals surface area contributed by atoms with Crippen LogP contribution in [0.25, 0.3) is 16.9 Å². The molecule has 4 nitrogen and oxygen atoms in total. The first-order valence-electron chi connectivity index (χ1n) is 9.31. The second-order valence-electron chi connectivity index (χ2n) is 6.94. The van der Waals surface area contributed by atoms with Crippen molar-refractivity contribution in [3.05, 3.63) is 101 Å². The van der Waals surface area contributed by atoms with Crippen molar-refractivity contribution in [2.24, 2.45) is 0 Å². The molecule has 29 heavy (non-hydrogen) atoms. The molecule has 1 N–H and O–H groups in total. The number of hydrogen-bond acceptors (Lipinski definition) is 2. The SMILES string of the molecule is Cc1ccc(-c2cc(C(=O)Nc3ccc(Cl)cc3)nn2-c2ccccc2C)cc1. The number of hydrogen-bond donors (Lipinski definition) is 1. The second kappa shape index (κ2) is 7.94. The smallest absolute Gasteiger partial charge is 0.276 e. The van der Waals surface area contributed by atoms with Crippen molar-refractivity contribution >= 4 is 23.2 Å². The molecule has 0 unspecified atom stereocenters. The van der Waals surface area contributed by atoms with Gasteiger partial charge in [0.15, 0.2) is 5.69 Å². The van der Waals surface area contributed by atoms with Crippen LogP contribution in [-0.2, 0) is 0 Å². The molecule has 1 heterocycles. The summed E-state index contributed by atoms with van der Waals surface area (Å²) in [6.07, 6.45) is 0. The Labute approximate surface area is 174 Å². The van der Waals surface area contributed by atoms with E-state index in [4.69, 9.17) is 11.6 Å². The number of halogens is 1. The number of carbonyl (C=O) groups is 1. The summed E-state index contributed by atoms with van der Waals surface area (Å²) in [7, 11) is 0. The van der Waals surface area contributed by atoms with Gasteiger partial charge in [-0.2, -0.15) is 5.10 Å². The van der Waals surface area contributed by atoms with E-state index in [9.17, 15) is 4.79 Å². The lowest BCUT2D eigenvalue weighted by molar-refractivity contribution is 0.102. The van der Waals surface area contributed by atoms with Crippen LogP contribution in [0.15, 0.2) is 78.9 Å². The highest BCUT2D eigenvalue weighted by molar-refractivity contribution is 6.30. The van der Waals surface area contributed by atoms with Crippen molar-refractivity contribution in [2.75, 3.05) is 5.32 Å². The fourth-order valence-corrected chi connectivity index (χ4v) is 3.26. The van der Waals surface area contributed by atoms with Gasteiger partial charge in [-0.1, -0.05) is 59.6 Å². The van der Waals surface area contributed by atoms with Crippen molar-refractivity contribution < 1.29 is 4.79 Å². The quantitative estimate of drug-likeness (QED) is 0.451. The van der Waals surface area contributed by atoms with E-state index in [1.54, 1.807) is 24.3 Å². The highest BCUT2D eigenvalue weighted by atomic mass is 35.5. The van der Waals surface area contributed by atoms with Gasteiger partial charge in [0.1, 0.15) is 0 Å². The molecule has 4 aromatic rings. The van der Waals surface area contributed by atoms with Crippen LogP contribution < -0.4 is 5.32 Å². The predicted molar refractivity (Wildman–Crippen MR) is 118 cm³/mol. The maximum Gasteiger partial charge on any atom is 0.276 e. The molecular weight excluding hydrogens is 382 g/mol. The number of aromatic nitrogens is 2. The third kappa shape index (κ3) is 4.08. The van der Waals surface area contributed by atoms with Gasteiger partial charge >= 0.3 is 0 Å². The van der Waals surface area contributed by atoms with Gasteiger partial charge in [-0.15, -0.1) is 0 Å². The third-order valence-electron chi connectivity index (χ3n) is 4.74. The summed E-state index contributed by atoms with van der Waals surface area (Å²) >= 11 is 5.92.